The number of carboxylic acids is 1. The zero-order valence-electron chi connectivity index (χ0n) is 7.05. The number of ether oxygens (including phenoxy) is 1. The second-order valence-electron chi connectivity index (χ2n) is 2.34. The number of hydrogen-bond donors (Lipinski definition) is 0. The van der Waals surface area contributed by atoms with Crippen molar-refractivity contribution in [3.05, 3.63) is 12.2 Å². The van der Waals surface area contributed by atoms with Crippen LogP contribution >= 0.6 is 34.8 Å². The molecule has 0 spiro atoms. The van der Waals surface area contributed by atoms with Crippen molar-refractivity contribution in [2.24, 2.45) is 0 Å². The first-order valence-electron chi connectivity index (χ1n) is 3.30. The van der Waals surface area contributed by atoms with Gasteiger partial charge in [0.1, 0.15) is 0 Å². The molecule has 7 heteroatoms. The van der Waals surface area contributed by atoms with Crippen LogP contribution in [-0.2, 0) is 14.3 Å². The molecule has 0 aromatic rings. The van der Waals surface area contributed by atoms with E-state index in [1.165, 1.54) is 0 Å². The number of carboxylic acid groups (broad SMARTS) is 1. The van der Waals surface area contributed by atoms with E-state index in [4.69, 9.17) is 34.8 Å². The van der Waals surface area contributed by atoms with Gasteiger partial charge in [0.05, 0.1) is 5.97 Å². The summed E-state index contributed by atoms with van der Waals surface area (Å²) in [6, 6.07) is 0. The van der Waals surface area contributed by atoms with E-state index >= 15 is 0 Å². The maximum atomic E-state index is 10.6. The van der Waals surface area contributed by atoms with Gasteiger partial charge in [-0.25, -0.2) is 0 Å². The molecule has 14 heavy (non-hydrogen) atoms. The predicted octanol–water partition coefficient (Wildman–Crippen LogP) is 0.594. The highest BCUT2D eigenvalue weighted by Gasteiger charge is 2.37. The van der Waals surface area contributed by atoms with E-state index in [0.29, 0.717) is 0 Å². The first kappa shape index (κ1) is 13.5. The van der Waals surface area contributed by atoms with E-state index in [9.17, 15) is 14.7 Å². The molecule has 0 aliphatic rings. The summed E-state index contributed by atoms with van der Waals surface area (Å²) in [4.78, 5) is 21.0. The number of rotatable bonds is 3. The fourth-order valence-electron chi connectivity index (χ4n) is 0.609. The van der Waals surface area contributed by atoms with E-state index in [1.807, 2.05) is 0 Å². The molecule has 0 saturated carbocycles. The minimum atomic E-state index is -2.09. The summed E-state index contributed by atoms with van der Waals surface area (Å²) in [5.74, 6) is -2.44. The molecule has 4 nitrogen and oxygen atoms in total. The monoisotopic (exact) mass is 259 g/mol. The van der Waals surface area contributed by atoms with Crippen LogP contribution in [0.1, 0.15) is 6.92 Å². The summed E-state index contributed by atoms with van der Waals surface area (Å²) in [6.45, 7) is 4.13. The molecule has 0 aliphatic carbocycles. The van der Waals surface area contributed by atoms with Gasteiger partial charge >= 0.3 is 5.97 Å². The van der Waals surface area contributed by atoms with Crippen LogP contribution in [0.5, 0.6) is 0 Å². The summed E-state index contributed by atoms with van der Waals surface area (Å²) in [5.41, 5.74) is -0.611. The van der Waals surface area contributed by atoms with Crippen LogP contribution in [0.2, 0.25) is 0 Å². The summed E-state index contributed by atoms with van der Waals surface area (Å²) in [5, 5.41) is 10.4. The summed E-state index contributed by atoms with van der Waals surface area (Å²) >= 11 is 16.2. The normalized spacial score (nSPS) is 13.1. The second kappa shape index (κ2) is 4.87. The van der Waals surface area contributed by atoms with E-state index in [2.05, 4.69) is 11.3 Å². The van der Waals surface area contributed by atoms with Crippen LogP contribution < -0.4 is 5.11 Å². The van der Waals surface area contributed by atoms with Gasteiger partial charge in [-0.05, 0) is 0 Å². The molecule has 0 N–H and O–H groups in total. The highest BCUT2D eigenvalue weighted by Crippen LogP contribution is 2.35. The highest BCUT2D eigenvalue weighted by atomic mass is 35.6. The van der Waals surface area contributed by atoms with Gasteiger partial charge in [0, 0.05) is 12.5 Å². The van der Waals surface area contributed by atoms with Gasteiger partial charge in [0.25, 0.3) is 0 Å². The average molecular weight is 260 g/mol. The van der Waals surface area contributed by atoms with Crippen molar-refractivity contribution in [1.29, 1.82) is 0 Å². The van der Waals surface area contributed by atoms with Crippen molar-refractivity contribution in [3.63, 3.8) is 0 Å². The summed E-state index contributed by atoms with van der Waals surface area (Å²) < 4.78 is 2.39. The Kier molecular flexibility index (Phi) is 4.71. The quantitative estimate of drug-likeness (QED) is 0.423. The Bertz CT molecular complexity index is 269. The van der Waals surface area contributed by atoms with Gasteiger partial charge < -0.3 is 14.6 Å². The minimum absolute atomic E-state index is 0.611. The molecule has 1 unspecified atom stereocenters. The van der Waals surface area contributed by atoms with Gasteiger partial charge in [0.2, 0.25) is 3.79 Å². The number of alkyl halides is 3. The lowest BCUT2D eigenvalue weighted by atomic mass is 10.2. The van der Waals surface area contributed by atoms with Crippen molar-refractivity contribution in [2.45, 2.75) is 16.8 Å². The molecule has 0 rings (SSSR count). The first-order chi connectivity index (χ1) is 6.16. The zero-order valence-corrected chi connectivity index (χ0v) is 9.32. The average Bonchev–Trinajstić information content (AvgIpc) is 1.96. The number of carbonyl (C=O) groups excluding carboxylic acids is 2. The SMILES string of the molecule is C=C(C(=O)[O-])C(OC(C)=O)C(Cl)(Cl)Cl. The Labute approximate surface area is 95.4 Å². The lowest BCUT2D eigenvalue weighted by Crippen LogP contribution is -2.39. The summed E-state index contributed by atoms with van der Waals surface area (Å²) in [7, 11) is 0. The third-order valence-corrected chi connectivity index (χ3v) is 1.75. The number of halogens is 3. The zero-order chi connectivity index (χ0) is 11.5. The van der Waals surface area contributed by atoms with Crippen molar-refractivity contribution in [2.75, 3.05) is 0 Å². The smallest absolute Gasteiger partial charge is 0.303 e. The number of carbonyl (C=O) groups is 2. The third-order valence-electron chi connectivity index (χ3n) is 1.16. The topological polar surface area (TPSA) is 66.4 Å². The van der Waals surface area contributed by atoms with Gasteiger partial charge in [-0.3, -0.25) is 4.79 Å². The number of aliphatic carboxylic acids is 1. The van der Waals surface area contributed by atoms with Crippen LogP contribution in [0.25, 0.3) is 0 Å². The van der Waals surface area contributed by atoms with Crippen LogP contribution in [0.4, 0.5) is 0 Å². The Morgan fingerprint density at radius 2 is 1.86 bits per heavy atom. The lowest BCUT2D eigenvalue weighted by Gasteiger charge is -2.25. The van der Waals surface area contributed by atoms with Crippen LogP contribution in [0.15, 0.2) is 12.2 Å². The standard InChI is InChI=1S/C7H7Cl3O4/c1-3(6(12)13)5(7(8,9)10)14-4(2)11/h5H,1H2,2H3,(H,12,13)/p-1. The van der Waals surface area contributed by atoms with Crippen LogP contribution in [0.3, 0.4) is 0 Å². The second-order valence-corrected chi connectivity index (χ2v) is 4.71. The predicted molar refractivity (Wildman–Crippen MR) is 50.0 cm³/mol. The molecule has 0 aliphatic heterocycles. The van der Waals surface area contributed by atoms with Gasteiger partial charge in [-0.15, -0.1) is 0 Å². The molecule has 80 valence electrons. The maximum Gasteiger partial charge on any atom is 0.303 e. The molecule has 0 radical (unpaired) electrons. The molecule has 0 fully saturated rings. The van der Waals surface area contributed by atoms with Crippen molar-refractivity contribution < 1.29 is 19.4 Å². The maximum absolute atomic E-state index is 10.6. The third kappa shape index (κ3) is 4.17. The molecule has 0 aromatic heterocycles. The largest absolute Gasteiger partial charge is 0.545 e. The molecule has 1 atom stereocenters. The fourth-order valence-corrected chi connectivity index (χ4v) is 1.14. The van der Waals surface area contributed by atoms with Gasteiger partial charge in [-0.2, -0.15) is 0 Å². The van der Waals surface area contributed by atoms with Crippen molar-refractivity contribution in [1.82, 2.24) is 0 Å². The molecule has 0 saturated heterocycles. The molecular formula is C7H6Cl3O4-. The van der Waals surface area contributed by atoms with Crippen molar-refractivity contribution >= 4 is 46.7 Å². The fraction of sp³-hybridized carbons (Fsp3) is 0.429. The Morgan fingerprint density at radius 3 is 2.07 bits per heavy atom. The van der Waals surface area contributed by atoms with E-state index in [1.54, 1.807) is 0 Å². The number of hydrogen-bond acceptors (Lipinski definition) is 4. The molecule has 0 bridgehead atoms. The highest BCUT2D eigenvalue weighted by molar-refractivity contribution is 6.68. The Morgan fingerprint density at radius 1 is 1.43 bits per heavy atom. The molecule has 0 aromatic carbocycles. The van der Waals surface area contributed by atoms with Crippen LogP contribution in [0, 0.1) is 0 Å². The lowest BCUT2D eigenvalue weighted by molar-refractivity contribution is -0.300. The molecule has 0 amide bonds. The van der Waals surface area contributed by atoms with E-state index in [-0.39, 0.29) is 0 Å². The first-order valence-corrected chi connectivity index (χ1v) is 4.43. The molecule has 0 heterocycles. The minimum Gasteiger partial charge on any atom is -0.545 e. The molecular weight excluding hydrogens is 254 g/mol. The van der Waals surface area contributed by atoms with E-state index in [0.717, 1.165) is 6.92 Å². The van der Waals surface area contributed by atoms with Crippen LogP contribution in [-0.4, -0.2) is 21.8 Å². The van der Waals surface area contributed by atoms with Gasteiger partial charge in [-0.1, -0.05) is 41.4 Å². The van der Waals surface area contributed by atoms with E-state index < -0.39 is 27.4 Å². The Balaban J connectivity index is 4.82. The Hall–Kier alpha value is -0.450. The van der Waals surface area contributed by atoms with Gasteiger partial charge in [0.15, 0.2) is 6.10 Å². The number of esters is 1. The van der Waals surface area contributed by atoms with Crippen molar-refractivity contribution in [3.8, 4) is 0 Å². The summed E-state index contributed by atoms with van der Waals surface area (Å²) in [6.07, 6.45) is -1.56.